The van der Waals surface area contributed by atoms with E-state index in [1.165, 1.54) is 13.0 Å². The fourth-order valence-electron chi connectivity index (χ4n) is 2.52. The van der Waals surface area contributed by atoms with Gasteiger partial charge in [0, 0.05) is 17.7 Å². The third kappa shape index (κ3) is 3.01. The van der Waals surface area contributed by atoms with Gasteiger partial charge in [0.05, 0.1) is 4.92 Å². The van der Waals surface area contributed by atoms with Gasteiger partial charge in [-0.1, -0.05) is 6.07 Å². The van der Waals surface area contributed by atoms with Crippen molar-refractivity contribution in [3.05, 3.63) is 57.6 Å². The highest BCUT2D eigenvalue weighted by Gasteiger charge is 2.20. The molecule has 0 amide bonds. The number of anilines is 1. The Kier molecular flexibility index (Phi) is 4.07. The monoisotopic (exact) mass is 328 g/mol. The van der Waals surface area contributed by atoms with Gasteiger partial charge in [0.15, 0.2) is 17.3 Å². The Balaban J connectivity index is 1.87. The molecule has 1 heterocycles. The molecule has 1 aliphatic rings. The standard InChI is InChI=1S/C17H16N2O5/c1-10(12-4-6-16-17(8-12)24-9-23-16)18-14-5-3-13(11(2)20)7-15(14)19(21)22/h3-8,10,18H,9H2,1-2H3/t10-/m0/s1. The molecule has 0 fully saturated rings. The van der Waals surface area contributed by atoms with Gasteiger partial charge in [-0.3, -0.25) is 14.9 Å². The second-order valence-corrected chi connectivity index (χ2v) is 5.52. The van der Waals surface area contributed by atoms with Crippen molar-refractivity contribution < 1.29 is 19.2 Å². The van der Waals surface area contributed by atoms with Gasteiger partial charge in [0.1, 0.15) is 5.69 Å². The largest absolute Gasteiger partial charge is 0.454 e. The van der Waals surface area contributed by atoms with Crippen molar-refractivity contribution in [3.63, 3.8) is 0 Å². The Labute approximate surface area is 138 Å². The van der Waals surface area contributed by atoms with Gasteiger partial charge in [0.2, 0.25) is 6.79 Å². The number of ether oxygens (including phenoxy) is 2. The van der Waals surface area contributed by atoms with Crippen LogP contribution in [0.1, 0.15) is 35.8 Å². The van der Waals surface area contributed by atoms with Crippen LogP contribution in [0.5, 0.6) is 11.5 Å². The van der Waals surface area contributed by atoms with E-state index < -0.39 is 4.92 Å². The molecular formula is C17H16N2O5. The average molecular weight is 328 g/mol. The third-order valence-electron chi connectivity index (χ3n) is 3.87. The van der Waals surface area contributed by atoms with Gasteiger partial charge >= 0.3 is 0 Å². The summed E-state index contributed by atoms with van der Waals surface area (Å²) in [4.78, 5) is 22.2. The van der Waals surface area contributed by atoms with Crippen LogP contribution >= 0.6 is 0 Å². The first-order valence-corrected chi connectivity index (χ1v) is 7.41. The van der Waals surface area contributed by atoms with Crippen molar-refractivity contribution in [3.8, 4) is 11.5 Å². The van der Waals surface area contributed by atoms with Crippen molar-refractivity contribution in [2.24, 2.45) is 0 Å². The summed E-state index contributed by atoms with van der Waals surface area (Å²) in [5, 5.41) is 14.4. The molecule has 1 N–H and O–H groups in total. The number of Topliss-reactive ketones (excluding diaryl/α,β-unsaturated/α-hetero) is 1. The summed E-state index contributed by atoms with van der Waals surface area (Å²) in [6.45, 7) is 3.46. The predicted octanol–water partition coefficient (Wildman–Crippen LogP) is 3.70. The number of hydrogen-bond acceptors (Lipinski definition) is 6. The molecule has 0 radical (unpaired) electrons. The Bertz CT molecular complexity index is 819. The molecule has 24 heavy (non-hydrogen) atoms. The summed E-state index contributed by atoms with van der Waals surface area (Å²) in [6, 6.07) is 9.75. The maximum Gasteiger partial charge on any atom is 0.293 e. The van der Waals surface area contributed by atoms with E-state index in [0.29, 0.717) is 22.7 Å². The SMILES string of the molecule is CC(=O)c1ccc(N[C@@H](C)c2ccc3c(c2)OCO3)c([N+](=O)[O-])c1. The lowest BCUT2D eigenvalue weighted by Crippen LogP contribution is -2.09. The number of rotatable bonds is 5. The number of nitro benzene ring substituents is 1. The summed E-state index contributed by atoms with van der Waals surface area (Å²) < 4.78 is 10.6. The molecule has 7 nitrogen and oxygen atoms in total. The minimum absolute atomic E-state index is 0.129. The number of nitrogens with one attached hydrogen (secondary N) is 1. The summed E-state index contributed by atoms with van der Waals surface area (Å²) in [7, 11) is 0. The van der Waals surface area contributed by atoms with Crippen LogP contribution in [0.3, 0.4) is 0 Å². The molecule has 124 valence electrons. The van der Waals surface area contributed by atoms with Crippen LogP contribution in [-0.4, -0.2) is 17.5 Å². The zero-order chi connectivity index (χ0) is 17.3. The van der Waals surface area contributed by atoms with Gasteiger partial charge in [-0.05, 0) is 43.7 Å². The van der Waals surface area contributed by atoms with Gasteiger partial charge in [-0.15, -0.1) is 0 Å². The highest BCUT2D eigenvalue weighted by atomic mass is 16.7. The molecule has 0 aromatic heterocycles. The van der Waals surface area contributed by atoms with Gasteiger partial charge < -0.3 is 14.8 Å². The van der Waals surface area contributed by atoms with Crippen LogP contribution in [0, 0.1) is 10.1 Å². The first-order chi connectivity index (χ1) is 11.5. The number of nitro groups is 1. The Morgan fingerprint density at radius 2 is 1.96 bits per heavy atom. The number of nitrogens with zero attached hydrogens (tertiary/aromatic N) is 1. The van der Waals surface area contributed by atoms with E-state index in [0.717, 1.165) is 5.56 Å². The number of carbonyl (C=O) groups is 1. The first-order valence-electron chi connectivity index (χ1n) is 7.41. The molecule has 2 aromatic rings. The van der Waals surface area contributed by atoms with Crippen LogP contribution in [0.25, 0.3) is 0 Å². The van der Waals surface area contributed by atoms with E-state index in [2.05, 4.69) is 5.32 Å². The maximum absolute atomic E-state index is 11.4. The number of carbonyl (C=O) groups excluding carboxylic acids is 1. The summed E-state index contributed by atoms with van der Waals surface area (Å²) in [6.07, 6.45) is 0. The Morgan fingerprint density at radius 3 is 2.67 bits per heavy atom. The molecule has 7 heteroatoms. The van der Waals surface area contributed by atoms with Crippen molar-refractivity contribution in [1.29, 1.82) is 0 Å². The zero-order valence-corrected chi connectivity index (χ0v) is 13.2. The molecule has 1 aliphatic heterocycles. The van der Waals surface area contributed by atoms with E-state index >= 15 is 0 Å². The second-order valence-electron chi connectivity index (χ2n) is 5.52. The van der Waals surface area contributed by atoms with E-state index in [4.69, 9.17) is 9.47 Å². The predicted molar refractivity (Wildman–Crippen MR) is 87.7 cm³/mol. The molecule has 0 saturated heterocycles. The molecule has 3 rings (SSSR count). The normalized spacial score (nSPS) is 13.4. The van der Waals surface area contributed by atoms with Crippen molar-refractivity contribution in [2.45, 2.75) is 19.9 Å². The number of fused-ring (bicyclic) bond motifs is 1. The molecule has 0 spiro atoms. The molecule has 1 atom stereocenters. The van der Waals surface area contributed by atoms with E-state index in [1.807, 2.05) is 25.1 Å². The summed E-state index contributed by atoms with van der Waals surface area (Å²) in [5.74, 6) is 1.12. The fraction of sp³-hybridized carbons (Fsp3) is 0.235. The molecule has 0 saturated carbocycles. The number of ketones is 1. The van der Waals surface area contributed by atoms with Crippen LogP contribution in [0.2, 0.25) is 0 Å². The highest BCUT2D eigenvalue weighted by Crippen LogP contribution is 2.36. The molecule has 2 aromatic carbocycles. The third-order valence-corrected chi connectivity index (χ3v) is 3.87. The van der Waals surface area contributed by atoms with E-state index in [-0.39, 0.29) is 24.3 Å². The van der Waals surface area contributed by atoms with Crippen LogP contribution in [0.4, 0.5) is 11.4 Å². The maximum atomic E-state index is 11.4. The minimum atomic E-state index is -0.499. The summed E-state index contributed by atoms with van der Waals surface area (Å²) in [5.41, 5.74) is 1.44. The smallest absolute Gasteiger partial charge is 0.293 e. The first kappa shape index (κ1) is 15.8. The Hall–Kier alpha value is -3.09. The summed E-state index contributed by atoms with van der Waals surface area (Å²) >= 11 is 0. The Morgan fingerprint density at radius 1 is 1.21 bits per heavy atom. The van der Waals surface area contributed by atoms with E-state index in [9.17, 15) is 14.9 Å². The van der Waals surface area contributed by atoms with Crippen LogP contribution in [0.15, 0.2) is 36.4 Å². The lowest BCUT2D eigenvalue weighted by molar-refractivity contribution is -0.384. The quantitative estimate of drug-likeness (QED) is 0.511. The molecule has 0 aliphatic carbocycles. The van der Waals surface area contributed by atoms with Crippen molar-refractivity contribution in [1.82, 2.24) is 0 Å². The lowest BCUT2D eigenvalue weighted by atomic mass is 10.1. The van der Waals surface area contributed by atoms with Gasteiger partial charge in [-0.2, -0.15) is 0 Å². The van der Waals surface area contributed by atoms with Crippen LogP contribution < -0.4 is 14.8 Å². The lowest BCUT2D eigenvalue weighted by Gasteiger charge is -2.16. The molecular weight excluding hydrogens is 312 g/mol. The topological polar surface area (TPSA) is 90.7 Å². The number of benzene rings is 2. The van der Waals surface area contributed by atoms with Gasteiger partial charge in [0.25, 0.3) is 5.69 Å². The van der Waals surface area contributed by atoms with Crippen molar-refractivity contribution in [2.75, 3.05) is 12.1 Å². The fourth-order valence-corrected chi connectivity index (χ4v) is 2.52. The van der Waals surface area contributed by atoms with Crippen LogP contribution in [-0.2, 0) is 0 Å². The highest BCUT2D eigenvalue weighted by molar-refractivity contribution is 5.95. The average Bonchev–Trinajstić information content (AvgIpc) is 3.02. The molecule has 0 unspecified atom stereocenters. The zero-order valence-electron chi connectivity index (χ0n) is 13.2. The van der Waals surface area contributed by atoms with Gasteiger partial charge in [-0.25, -0.2) is 0 Å². The van der Waals surface area contributed by atoms with Crippen molar-refractivity contribution >= 4 is 17.2 Å². The number of hydrogen-bond donors (Lipinski definition) is 1. The molecule has 0 bridgehead atoms. The minimum Gasteiger partial charge on any atom is -0.454 e. The second kappa shape index (κ2) is 6.19. The van der Waals surface area contributed by atoms with E-state index in [1.54, 1.807) is 12.1 Å².